The van der Waals surface area contributed by atoms with Crippen molar-refractivity contribution in [1.29, 1.82) is 0 Å². The maximum Gasteiger partial charge on any atom is 0.264 e. The van der Waals surface area contributed by atoms with Gasteiger partial charge >= 0.3 is 0 Å². The van der Waals surface area contributed by atoms with Crippen LogP contribution in [0.1, 0.15) is 55.7 Å². The van der Waals surface area contributed by atoms with Gasteiger partial charge in [0.25, 0.3) is 10.0 Å². The number of sulfonamides is 1. The number of carbonyl (C=O) groups is 2. The fraction of sp³-hybridized carbons (Fsp3) is 0.375. The van der Waals surface area contributed by atoms with Crippen molar-refractivity contribution in [2.75, 3.05) is 10.8 Å². The van der Waals surface area contributed by atoms with E-state index in [4.69, 9.17) is 11.6 Å². The monoisotopic (exact) mass is 595 g/mol. The quantitative estimate of drug-likeness (QED) is 0.311. The van der Waals surface area contributed by atoms with Crippen LogP contribution in [0.4, 0.5) is 5.69 Å². The maximum atomic E-state index is 14.1. The van der Waals surface area contributed by atoms with E-state index in [1.165, 1.54) is 29.2 Å². The van der Waals surface area contributed by atoms with E-state index in [0.29, 0.717) is 16.3 Å². The van der Waals surface area contributed by atoms with Crippen LogP contribution >= 0.6 is 11.6 Å². The van der Waals surface area contributed by atoms with Crippen molar-refractivity contribution >= 4 is 39.1 Å². The molecular formula is C32H38ClN3O4S. The summed E-state index contributed by atoms with van der Waals surface area (Å²) in [7, 11) is -4.14. The van der Waals surface area contributed by atoms with Gasteiger partial charge in [-0.2, -0.15) is 0 Å². The molecule has 41 heavy (non-hydrogen) atoms. The van der Waals surface area contributed by atoms with Crippen molar-refractivity contribution in [2.45, 2.75) is 76.4 Å². The summed E-state index contributed by atoms with van der Waals surface area (Å²) in [6.45, 7) is 5.17. The maximum absolute atomic E-state index is 14.1. The van der Waals surface area contributed by atoms with Crippen molar-refractivity contribution in [2.24, 2.45) is 0 Å². The third kappa shape index (κ3) is 7.49. The van der Waals surface area contributed by atoms with Gasteiger partial charge in [0.15, 0.2) is 0 Å². The van der Waals surface area contributed by atoms with Gasteiger partial charge in [-0.25, -0.2) is 8.42 Å². The van der Waals surface area contributed by atoms with Crippen molar-refractivity contribution in [3.05, 3.63) is 94.5 Å². The standard InChI is InChI=1S/C32H38ClN3O4S/c1-23-11-7-9-13-26(23)21-35(25(3)32(38)34-28-14-5-4-6-15-28)31(37)22-36(30-16-10-8-12-24(30)2)41(39,40)29-19-17-27(33)18-20-29/h7-13,16-20,25,28H,4-6,14-15,21-22H2,1-3H3,(H,34,38). The lowest BCUT2D eigenvalue weighted by Gasteiger charge is -2.34. The molecule has 218 valence electrons. The molecule has 9 heteroatoms. The van der Waals surface area contributed by atoms with E-state index in [9.17, 15) is 18.0 Å². The Kier molecular flexibility index (Phi) is 10.1. The molecule has 3 aromatic rings. The average Bonchev–Trinajstić information content (AvgIpc) is 2.96. The van der Waals surface area contributed by atoms with E-state index in [-0.39, 0.29) is 23.4 Å². The number of nitrogens with zero attached hydrogens (tertiary/aromatic N) is 2. The van der Waals surface area contributed by atoms with E-state index in [1.807, 2.05) is 37.3 Å². The number of rotatable bonds is 10. The van der Waals surface area contributed by atoms with Crippen LogP contribution in [0, 0.1) is 13.8 Å². The SMILES string of the molecule is Cc1ccccc1CN(C(=O)CN(c1ccccc1C)S(=O)(=O)c1ccc(Cl)cc1)C(C)C(=O)NC1CCCCC1. The summed E-state index contributed by atoms with van der Waals surface area (Å²) < 4.78 is 29.1. The zero-order valence-electron chi connectivity index (χ0n) is 23.8. The molecule has 0 heterocycles. The molecule has 0 aliphatic heterocycles. The van der Waals surface area contributed by atoms with Crippen molar-refractivity contribution in [3.8, 4) is 0 Å². The Bertz CT molecular complexity index is 1470. The van der Waals surface area contributed by atoms with Gasteiger partial charge in [-0.3, -0.25) is 13.9 Å². The number of benzene rings is 3. The van der Waals surface area contributed by atoms with Crippen LogP contribution in [-0.2, 0) is 26.2 Å². The summed E-state index contributed by atoms with van der Waals surface area (Å²) >= 11 is 6.03. The molecule has 1 N–H and O–H groups in total. The molecule has 3 aromatic carbocycles. The second kappa shape index (κ2) is 13.5. The first kappa shape index (κ1) is 30.6. The lowest BCUT2D eigenvalue weighted by atomic mass is 9.95. The first-order valence-electron chi connectivity index (χ1n) is 14.1. The number of para-hydroxylation sites is 1. The predicted molar refractivity (Wildman–Crippen MR) is 163 cm³/mol. The second-order valence-corrected chi connectivity index (χ2v) is 13.0. The highest BCUT2D eigenvalue weighted by atomic mass is 35.5. The highest BCUT2D eigenvalue weighted by Gasteiger charge is 2.33. The molecule has 4 rings (SSSR count). The van der Waals surface area contributed by atoms with Gasteiger partial charge in [-0.15, -0.1) is 0 Å². The molecule has 0 saturated heterocycles. The number of nitrogens with one attached hydrogen (secondary N) is 1. The highest BCUT2D eigenvalue weighted by Crippen LogP contribution is 2.28. The average molecular weight is 596 g/mol. The summed E-state index contributed by atoms with van der Waals surface area (Å²) in [5.74, 6) is -0.706. The third-order valence-corrected chi connectivity index (χ3v) is 9.81. The highest BCUT2D eigenvalue weighted by molar-refractivity contribution is 7.92. The van der Waals surface area contributed by atoms with E-state index in [0.717, 1.165) is 47.5 Å². The Morgan fingerprint density at radius 3 is 2.15 bits per heavy atom. The number of hydrogen-bond donors (Lipinski definition) is 1. The number of hydrogen-bond acceptors (Lipinski definition) is 4. The van der Waals surface area contributed by atoms with Crippen molar-refractivity contribution in [1.82, 2.24) is 10.2 Å². The Morgan fingerprint density at radius 1 is 0.902 bits per heavy atom. The topological polar surface area (TPSA) is 86.8 Å². The van der Waals surface area contributed by atoms with Gasteiger partial charge in [0.1, 0.15) is 12.6 Å². The van der Waals surface area contributed by atoms with Gasteiger partial charge in [-0.05, 0) is 80.6 Å². The van der Waals surface area contributed by atoms with Crippen LogP contribution in [0.15, 0.2) is 77.7 Å². The van der Waals surface area contributed by atoms with Gasteiger partial charge in [0.2, 0.25) is 11.8 Å². The normalized spacial score (nSPS) is 14.7. The fourth-order valence-corrected chi connectivity index (χ4v) is 6.82. The van der Waals surface area contributed by atoms with E-state index >= 15 is 0 Å². The number of amides is 2. The van der Waals surface area contributed by atoms with Gasteiger partial charge in [-0.1, -0.05) is 73.3 Å². The molecule has 0 aromatic heterocycles. The second-order valence-electron chi connectivity index (χ2n) is 10.7. The fourth-order valence-electron chi connectivity index (χ4n) is 5.21. The largest absolute Gasteiger partial charge is 0.352 e. The van der Waals surface area contributed by atoms with Gasteiger partial charge < -0.3 is 10.2 Å². The Balaban J connectivity index is 1.69. The molecular weight excluding hydrogens is 558 g/mol. The summed E-state index contributed by atoms with van der Waals surface area (Å²) in [5.41, 5.74) is 2.97. The molecule has 2 amide bonds. The molecule has 1 unspecified atom stereocenters. The molecule has 0 radical (unpaired) electrons. The smallest absolute Gasteiger partial charge is 0.264 e. The first-order valence-corrected chi connectivity index (χ1v) is 15.9. The summed E-state index contributed by atoms with van der Waals surface area (Å²) in [6, 6.07) is 19.9. The van der Waals surface area contributed by atoms with Gasteiger partial charge in [0, 0.05) is 17.6 Å². The van der Waals surface area contributed by atoms with Crippen LogP contribution in [0.5, 0.6) is 0 Å². The Hall–Kier alpha value is -3.36. The third-order valence-electron chi connectivity index (χ3n) is 7.79. The summed E-state index contributed by atoms with van der Waals surface area (Å²) in [4.78, 5) is 29.1. The number of aryl methyl sites for hydroxylation is 2. The van der Waals surface area contributed by atoms with Crippen LogP contribution in [0.3, 0.4) is 0 Å². The molecule has 1 fully saturated rings. The van der Waals surface area contributed by atoms with Gasteiger partial charge in [0.05, 0.1) is 10.6 Å². The van der Waals surface area contributed by atoms with Crippen LogP contribution in [-0.4, -0.2) is 43.8 Å². The van der Waals surface area contributed by atoms with E-state index in [2.05, 4.69) is 5.32 Å². The van der Waals surface area contributed by atoms with Crippen molar-refractivity contribution in [3.63, 3.8) is 0 Å². The molecule has 1 saturated carbocycles. The minimum Gasteiger partial charge on any atom is -0.352 e. The lowest BCUT2D eigenvalue weighted by Crippen LogP contribution is -2.53. The molecule has 1 aliphatic carbocycles. The number of anilines is 1. The first-order chi connectivity index (χ1) is 19.6. The molecule has 0 bridgehead atoms. The Labute approximate surface area is 248 Å². The van der Waals surface area contributed by atoms with Crippen LogP contribution < -0.4 is 9.62 Å². The number of halogens is 1. The zero-order valence-corrected chi connectivity index (χ0v) is 25.4. The molecule has 7 nitrogen and oxygen atoms in total. The molecule has 1 atom stereocenters. The minimum absolute atomic E-state index is 0.0199. The minimum atomic E-state index is -4.14. The number of carbonyl (C=O) groups excluding carboxylic acids is 2. The van der Waals surface area contributed by atoms with Crippen LogP contribution in [0.25, 0.3) is 0 Å². The zero-order chi connectivity index (χ0) is 29.6. The lowest BCUT2D eigenvalue weighted by molar-refractivity contribution is -0.139. The summed E-state index contributed by atoms with van der Waals surface area (Å²) in [6.07, 6.45) is 5.14. The van der Waals surface area contributed by atoms with Crippen molar-refractivity contribution < 1.29 is 18.0 Å². The molecule has 1 aliphatic rings. The predicted octanol–water partition coefficient (Wildman–Crippen LogP) is 6.02. The summed E-state index contributed by atoms with van der Waals surface area (Å²) in [5, 5.41) is 3.54. The van der Waals surface area contributed by atoms with E-state index in [1.54, 1.807) is 32.0 Å². The van der Waals surface area contributed by atoms with E-state index < -0.39 is 28.5 Å². The Morgan fingerprint density at radius 2 is 1.51 bits per heavy atom. The molecule has 0 spiro atoms. The van der Waals surface area contributed by atoms with Crippen LogP contribution in [0.2, 0.25) is 5.02 Å².